The Hall–Kier alpha value is -0.410. The molecule has 1 atom stereocenters. The molecule has 0 aliphatic heterocycles. The third-order valence-electron chi connectivity index (χ3n) is 3.25. The number of thiazole rings is 1. The molecular formula is C12H22N2S. The smallest absolute Gasteiger partial charge is 0.0943 e. The van der Waals surface area contributed by atoms with Crippen molar-refractivity contribution < 1.29 is 0 Å². The molecule has 1 rings (SSSR count). The lowest BCUT2D eigenvalue weighted by atomic mass is 9.80. The number of rotatable bonds is 5. The molecule has 1 heterocycles. The normalized spacial score (nSPS) is 14.2. The van der Waals surface area contributed by atoms with Crippen molar-refractivity contribution in [3.63, 3.8) is 0 Å². The van der Waals surface area contributed by atoms with Gasteiger partial charge in [-0.15, -0.1) is 11.3 Å². The van der Waals surface area contributed by atoms with Gasteiger partial charge in [0.25, 0.3) is 0 Å². The van der Waals surface area contributed by atoms with Crippen LogP contribution in [0.1, 0.15) is 37.9 Å². The summed E-state index contributed by atoms with van der Waals surface area (Å²) in [6, 6.07) is 0.507. The molecule has 0 spiro atoms. The van der Waals surface area contributed by atoms with E-state index in [-0.39, 0.29) is 0 Å². The number of hydrogen-bond acceptors (Lipinski definition) is 3. The maximum absolute atomic E-state index is 4.52. The fourth-order valence-corrected chi connectivity index (χ4v) is 2.51. The minimum Gasteiger partial charge on any atom is -0.316 e. The highest BCUT2D eigenvalue weighted by Gasteiger charge is 2.27. The lowest BCUT2D eigenvalue weighted by Gasteiger charge is -2.32. The Morgan fingerprint density at radius 1 is 1.53 bits per heavy atom. The second kappa shape index (κ2) is 5.08. The van der Waals surface area contributed by atoms with Gasteiger partial charge in [0.1, 0.15) is 0 Å². The molecule has 0 aromatic carbocycles. The second-order valence-corrected chi connectivity index (χ2v) is 5.71. The van der Waals surface area contributed by atoms with Gasteiger partial charge in [-0.25, -0.2) is 4.98 Å². The fraction of sp³-hybridized carbons (Fsp3) is 0.750. The Kier molecular flexibility index (Phi) is 4.29. The van der Waals surface area contributed by atoms with E-state index in [0.29, 0.717) is 11.5 Å². The summed E-state index contributed by atoms with van der Waals surface area (Å²) in [5.41, 5.74) is 1.47. The van der Waals surface area contributed by atoms with Crippen LogP contribution in [-0.4, -0.2) is 18.1 Å². The van der Waals surface area contributed by atoms with Gasteiger partial charge >= 0.3 is 0 Å². The van der Waals surface area contributed by atoms with Gasteiger partial charge in [-0.05, 0) is 25.8 Å². The molecule has 1 aromatic heterocycles. The van der Waals surface area contributed by atoms with Crippen molar-refractivity contribution in [1.82, 2.24) is 10.3 Å². The van der Waals surface area contributed by atoms with E-state index in [4.69, 9.17) is 0 Å². The number of nitrogens with zero attached hydrogens (tertiary/aromatic N) is 1. The van der Waals surface area contributed by atoms with E-state index in [2.05, 4.69) is 43.4 Å². The maximum atomic E-state index is 4.52. The highest BCUT2D eigenvalue weighted by molar-refractivity contribution is 7.09. The number of aryl methyl sites for hydroxylation is 1. The van der Waals surface area contributed by atoms with Crippen LogP contribution in [0.4, 0.5) is 0 Å². The summed E-state index contributed by atoms with van der Waals surface area (Å²) in [4.78, 5) is 4.52. The Labute approximate surface area is 97.1 Å². The Morgan fingerprint density at radius 2 is 2.20 bits per heavy atom. The summed E-state index contributed by atoms with van der Waals surface area (Å²) < 4.78 is 0. The zero-order valence-electron chi connectivity index (χ0n) is 10.4. The van der Waals surface area contributed by atoms with Crippen molar-refractivity contribution >= 4 is 11.3 Å². The summed E-state index contributed by atoms with van der Waals surface area (Å²) in [5.74, 6) is 0. The quantitative estimate of drug-likeness (QED) is 0.835. The third kappa shape index (κ3) is 3.28. The largest absolute Gasteiger partial charge is 0.316 e. The number of aromatic nitrogens is 1. The lowest BCUT2D eigenvalue weighted by molar-refractivity contribution is 0.240. The van der Waals surface area contributed by atoms with Crippen LogP contribution < -0.4 is 5.32 Å². The van der Waals surface area contributed by atoms with Gasteiger partial charge in [0, 0.05) is 23.5 Å². The van der Waals surface area contributed by atoms with Gasteiger partial charge in [-0.1, -0.05) is 20.8 Å². The second-order valence-electron chi connectivity index (χ2n) is 4.77. The van der Waals surface area contributed by atoms with Gasteiger partial charge in [-0.2, -0.15) is 0 Å². The molecule has 0 bridgehead atoms. The average Bonchev–Trinajstić information content (AvgIpc) is 2.60. The summed E-state index contributed by atoms with van der Waals surface area (Å²) in [6.45, 7) is 8.93. The molecule has 0 aliphatic rings. The lowest BCUT2D eigenvalue weighted by Crippen LogP contribution is -2.41. The van der Waals surface area contributed by atoms with Crippen molar-refractivity contribution in [2.24, 2.45) is 5.41 Å². The van der Waals surface area contributed by atoms with Crippen LogP contribution in [0, 0.1) is 12.3 Å². The SMILES string of the molecule is CCC(C)(C)C(Cc1nc(C)cs1)NC. The van der Waals surface area contributed by atoms with Crippen molar-refractivity contribution in [1.29, 1.82) is 0 Å². The van der Waals surface area contributed by atoms with E-state index in [0.717, 1.165) is 12.1 Å². The first-order valence-corrected chi connectivity index (χ1v) is 6.46. The Morgan fingerprint density at radius 3 is 2.60 bits per heavy atom. The zero-order chi connectivity index (χ0) is 11.5. The summed E-state index contributed by atoms with van der Waals surface area (Å²) in [7, 11) is 2.04. The average molecular weight is 226 g/mol. The minimum atomic E-state index is 0.328. The minimum absolute atomic E-state index is 0.328. The Balaban J connectivity index is 2.69. The van der Waals surface area contributed by atoms with Crippen LogP contribution in [0.25, 0.3) is 0 Å². The van der Waals surface area contributed by atoms with E-state index in [9.17, 15) is 0 Å². The Bertz CT molecular complexity index is 304. The first kappa shape index (κ1) is 12.7. The van der Waals surface area contributed by atoms with Crippen LogP contribution in [0.5, 0.6) is 0 Å². The van der Waals surface area contributed by atoms with E-state index in [1.54, 1.807) is 11.3 Å². The predicted molar refractivity (Wildman–Crippen MR) is 67.5 cm³/mol. The molecule has 1 N–H and O–H groups in total. The molecule has 15 heavy (non-hydrogen) atoms. The highest BCUT2D eigenvalue weighted by atomic mass is 32.1. The molecule has 0 aliphatic carbocycles. The van der Waals surface area contributed by atoms with Gasteiger partial charge in [0.2, 0.25) is 0 Å². The highest BCUT2D eigenvalue weighted by Crippen LogP contribution is 2.27. The number of nitrogens with one attached hydrogen (secondary N) is 1. The maximum Gasteiger partial charge on any atom is 0.0943 e. The molecule has 0 saturated heterocycles. The van der Waals surface area contributed by atoms with Crippen LogP contribution in [0.3, 0.4) is 0 Å². The van der Waals surface area contributed by atoms with Crippen LogP contribution in [0.2, 0.25) is 0 Å². The summed E-state index contributed by atoms with van der Waals surface area (Å²) in [5, 5.41) is 6.79. The van der Waals surface area contributed by atoms with E-state index >= 15 is 0 Å². The molecule has 0 saturated carbocycles. The van der Waals surface area contributed by atoms with Crippen LogP contribution in [0.15, 0.2) is 5.38 Å². The van der Waals surface area contributed by atoms with E-state index in [1.165, 1.54) is 11.4 Å². The molecule has 2 nitrogen and oxygen atoms in total. The van der Waals surface area contributed by atoms with Crippen LogP contribution >= 0.6 is 11.3 Å². The van der Waals surface area contributed by atoms with Gasteiger partial charge in [0.15, 0.2) is 0 Å². The van der Waals surface area contributed by atoms with Gasteiger partial charge < -0.3 is 5.32 Å². The predicted octanol–water partition coefficient (Wildman–Crippen LogP) is 3.02. The standard InChI is InChI=1S/C12H22N2S/c1-6-12(3,4)10(13-5)7-11-14-9(2)8-15-11/h8,10,13H,6-7H2,1-5H3. The van der Waals surface area contributed by atoms with Crippen molar-refractivity contribution in [2.75, 3.05) is 7.05 Å². The van der Waals surface area contributed by atoms with Gasteiger partial charge in [0.05, 0.1) is 5.01 Å². The molecule has 3 heteroatoms. The van der Waals surface area contributed by atoms with Crippen LogP contribution in [-0.2, 0) is 6.42 Å². The first-order valence-electron chi connectivity index (χ1n) is 5.58. The van der Waals surface area contributed by atoms with E-state index in [1.807, 2.05) is 7.05 Å². The summed E-state index contributed by atoms with van der Waals surface area (Å²) in [6.07, 6.45) is 2.22. The molecule has 1 unspecified atom stereocenters. The van der Waals surface area contributed by atoms with E-state index < -0.39 is 0 Å². The fourth-order valence-electron chi connectivity index (χ4n) is 1.69. The zero-order valence-corrected chi connectivity index (χ0v) is 11.2. The topological polar surface area (TPSA) is 24.9 Å². The summed E-state index contributed by atoms with van der Waals surface area (Å²) >= 11 is 1.77. The molecule has 0 radical (unpaired) electrons. The molecule has 0 amide bonds. The molecule has 0 fully saturated rings. The molecule has 86 valence electrons. The van der Waals surface area contributed by atoms with Crippen molar-refractivity contribution in [3.05, 3.63) is 16.1 Å². The molecule has 1 aromatic rings. The number of hydrogen-bond donors (Lipinski definition) is 1. The number of likely N-dealkylation sites (N-methyl/N-ethyl adjacent to an activating group) is 1. The first-order chi connectivity index (χ1) is 6.99. The van der Waals surface area contributed by atoms with Gasteiger partial charge in [-0.3, -0.25) is 0 Å². The van der Waals surface area contributed by atoms with Crippen molar-refractivity contribution in [2.45, 2.75) is 46.6 Å². The van der Waals surface area contributed by atoms with Crippen molar-refractivity contribution in [3.8, 4) is 0 Å². The molecular weight excluding hydrogens is 204 g/mol. The monoisotopic (exact) mass is 226 g/mol. The third-order valence-corrected chi connectivity index (χ3v) is 4.24.